The summed E-state index contributed by atoms with van der Waals surface area (Å²) in [5, 5.41) is 3.61. The third kappa shape index (κ3) is 6.46. The summed E-state index contributed by atoms with van der Waals surface area (Å²) in [5.41, 5.74) is 2.76. The van der Waals surface area contributed by atoms with E-state index in [4.69, 9.17) is 0 Å². The number of rotatable bonds is 9. The van der Waals surface area contributed by atoms with Gasteiger partial charge in [-0.25, -0.2) is 0 Å². The van der Waals surface area contributed by atoms with Gasteiger partial charge in [-0.05, 0) is 45.3 Å². The second-order valence-electron chi connectivity index (χ2n) is 5.11. The Kier molecular flexibility index (Phi) is 8.19. The van der Waals surface area contributed by atoms with Crippen LogP contribution in [0.1, 0.15) is 30.5 Å². The molecule has 0 amide bonds. The Balaban J connectivity index is 2.53. The molecule has 0 saturated heterocycles. The summed E-state index contributed by atoms with van der Waals surface area (Å²) < 4.78 is 0. The number of nitrogens with zero attached hydrogens (tertiary/aromatic N) is 1. The van der Waals surface area contributed by atoms with Gasteiger partial charge in [-0.15, -0.1) is 0 Å². The minimum absolute atomic E-state index is 0.474. The van der Waals surface area contributed by atoms with Crippen molar-refractivity contribution < 1.29 is 0 Å². The van der Waals surface area contributed by atoms with Crippen LogP contribution in [-0.2, 0) is 0 Å². The molecule has 0 bridgehead atoms. The lowest BCUT2D eigenvalue weighted by molar-refractivity contribution is 0.325. The van der Waals surface area contributed by atoms with Crippen LogP contribution in [0.4, 0.5) is 0 Å². The summed E-state index contributed by atoms with van der Waals surface area (Å²) in [4.78, 5) is 2.43. The van der Waals surface area contributed by atoms with Gasteiger partial charge in [0.25, 0.3) is 0 Å². The number of hydrogen-bond acceptors (Lipinski definition) is 3. The van der Waals surface area contributed by atoms with Gasteiger partial charge in [-0.3, -0.25) is 0 Å². The highest BCUT2D eigenvalue weighted by Gasteiger charge is 2.11. The minimum Gasteiger partial charge on any atom is -0.310 e. The lowest BCUT2D eigenvalue weighted by Gasteiger charge is -2.23. The Morgan fingerprint density at radius 1 is 1.32 bits per heavy atom. The molecule has 1 aromatic carbocycles. The number of benzene rings is 1. The molecule has 108 valence electrons. The Labute approximate surface area is 123 Å². The summed E-state index contributed by atoms with van der Waals surface area (Å²) in [5.74, 6) is 1.22. The fourth-order valence-corrected chi connectivity index (χ4v) is 2.72. The molecule has 3 heteroatoms. The fraction of sp³-hybridized carbons (Fsp3) is 0.625. The van der Waals surface area contributed by atoms with E-state index in [9.17, 15) is 0 Å². The topological polar surface area (TPSA) is 15.3 Å². The highest BCUT2D eigenvalue weighted by atomic mass is 32.2. The molecule has 0 aliphatic carbocycles. The summed E-state index contributed by atoms with van der Waals surface area (Å²) in [6.07, 6.45) is 3.34. The van der Waals surface area contributed by atoms with Crippen LogP contribution >= 0.6 is 11.8 Å². The van der Waals surface area contributed by atoms with E-state index in [-0.39, 0.29) is 0 Å². The summed E-state index contributed by atoms with van der Waals surface area (Å²) in [6, 6.07) is 9.34. The molecule has 1 rings (SSSR count). The first kappa shape index (κ1) is 16.5. The lowest BCUT2D eigenvalue weighted by atomic mass is 10.0. The predicted molar refractivity (Wildman–Crippen MR) is 88.1 cm³/mol. The largest absolute Gasteiger partial charge is 0.310 e. The zero-order valence-corrected chi connectivity index (χ0v) is 13.6. The molecule has 0 radical (unpaired) electrons. The van der Waals surface area contributed by atoms with Crippen LogP contribution in [0.2, 0.25) is 0 Å². The zero-order chi connectivity index (χ0) is 14.1. The molecule has 0 fully saturated rings. The Morgan fingerprint density at radius 3 is 2.74 bits per heavy atom. The van der Waals surface area contributed by atoms with E-state index in [1.807, 2.05) is 11.8 Å². The summed E-state index contributed by atoms with van der Waals surface area (Å²) in [6.45, 7) is 7.68. The van der Waals surface area contributed by atoms with Crippen LogP contribution in [0.15, 0.2) is 24.3 Å². The molecule has 1 N–H and O–H groups in total. The van der Waals surface area contributed by atoms with Gasteiger partial charge in [0.1, 0.15) is 0 Å². The molecule has 0 saturated carbocycles. The normalized spacial score (nSPS) is 12.9. The molecule has 1 unspecified atom stereocenters. The SMILES string of the molecule is CCNC(CCN(C)CCSC)c1cccc(C)c1. The Bertz CT molecular complexity index is 354. The van der Waals surface area contributed by atoms with E-state index in [2.05, 4.69) is 61.6 Å². The molecule has 0 heterocycles. The molecule has 2 nitrogen and oxygen atoms in total. The van der Waals surface area contributed by atoms with E-state index >= 15 is 0 Å². The summed E-state index contributed by atoms with van der Waals surface area (Å²) in [7, 11) is 2.22. The average Bonchev–Trinajstić information content (AvgIpc) is 2.41. The molecule has 0 aromatic heterocycles. The second kappa shape index (κ2) is 9.40. The molecule has 1 aromatic rings. The number of thioether (sulfide) groups is 1. The van der Waals surface area contributed by atoms with Crippen LogP contribution in [0, 0.1) is 6.92 Å². The van der Waals surface area contributed by atoms with Gasteiger partial charge < -0.3 is 10.2 Å². The monoisotopic (exact) mass is 280 g/mol. The maximum Gasteiger partial charge on any atom is 0.0332 e. The van der Waals surface area contributed by atoms with Gasteiger partial charge in [0, 0.05) is 18.3 Å². The van der Waals surface area contributed by atoms with Crippen molar-refractivity contribution in [2.24, 2.45) is 0 Å². The van der Waals surface area contributed by atoms with Crippen LogP contribution in [0.5, 0.6) is 0 Å². The quantitative estimate of drug-likeness (QED) is 0.747. The molecule has 1 atom stereocenters. The van der Waals surface area contributed by atoms with Gasteiger partial charge in [0.15, 0.2) is 0 Å². The second-order valence-corrected chi connectivity index (χ2v) is 6.09. The number of hydrogen-bond donors (Lipinski definition) is 1. The molecule has 0 aliphatic heterocycles. The van der Waals surface area contributed by atoms with Crippen LogP contribution in [-0.4, -0.2) is 43.6 Å². The molecule has 0 aliphatic rings. The highest BCUT2D eigenvalue weighted by molar-refractivity contribution is 7.98. The molecular weight excluding hydrogens is 252 g/mol. The molecule has 0 spiro atoms. The minimum atomic E-state index is 0.474. The van der Waals surface area contributed by atoms with Crippen molar-refractivity contribution in [2.45, 2.75) is 26.3 Å². The van der Waals surface area contributed by atoms with Gasteiger partial charge in [0.05, 0.1) is 0 Å². The van der Waals surface area contributed by atoms with Crippen LogP contribution in [0.25, 0.3) is 0 Å². The maximum absolute atomic E-state index is 3.61. The first-order chi connectivity index (χ1) is 9.17. The van der Waals surface area contributed by atoms with Crippen molar-refractivity contribution >= 4 is 11.8 Å². The van der Waals surface area contributed by atoms with E-state index in [0.29, 0.717) is 6.04 Å². The van der Waals surface area contributed by atoms with Crippen LogP contribution < -0.4 is 5.32 Å². The van der Waals surface area contributed by atoms with E-state index in [1.54, 1.807) is 0 Å². The zero-order valence-electron chi connectivity index (χ0n) is 12.8. The highest BCUT2D eigenvalue weighted by Crippen LogP contribution is 2.18. The first-order valence-corrected chi connectivity index (χ1v) is 8.54. The standard InChI is InChI=1S/C16H28N2S/c1-5-17-16(9-10-18(3)11-12-19-4)15-8-6-7-14(2)13-15/h6-8,13,16-17H,5,9-12H2,1-4H3. The van der Waals surface area contributed by atoms with Crippen LogP contribution in [0.3, 0.4) is 0 Å². The average molecular weight is 280 g/mol. The maximum atomic E-state index is 3.61. The predicted octanol–water partition coefficient (Wildman–Crippen LogP) is 3.33. The third-order valence-corrected chi connectivity index (χ3v) is 3.96. The van der Waals surface area contributed by atoms with E-state index < -0.39 is 0 Å². The smallest absolute Gasteiger partial charge is 0.0332 e. The Morgan fingerprint density at radius 2 is 2.11 bits per heavy atom. The van der Waals surface area contributed by atoms with Crippen molar-refractivity contribution in [3.05, 3.63) is 35.4 Å². The van der Waals surface area contributed by atoms with E-state index in [1.165, 1.54) is 29.8 Å². The van der Waals surface area contributed by atoms with Crippen molar-refractivity contribution in [1.82, 2.24) is 10.2 Å². The fourth-order valence-electron chi connectivity index (χ4n) is 2.23. The Hall–Kier alpha value is -0.510. The summed E-state index contributed by atoms with van der Waals surface area (Å²) >= 11 is 1.92. The first-order valence-electron chi connectivity index (χ1n) is 7.14. The van der Waals surface area contributed by atoms with E-state index in [0.717, 1.165) is 13.1 Å². The number of nitrogens with one attached hydrogen (secondary N) is 1. The van der Waals surface area contributed by atoms with Crippen molar-refractivity contribution in [3.63, 3.8) is 0 Å². The number of aryl methyl sites for hydroxylation is 1. The van der Waals surface area contributed by atoms with Gasteiger partial charge in [-0.2, -0.15) is 11.8 Å². The third-order valence-electron chi connectivity index (χ3n) is 3.37. The molecular formula is C16H28N2S. The van der Waals surface area contributed by atoms with Crippen molar-refractivity contribution in [3.8, 4) is 0 Å². The van der Waals surface area contributed by atoms with Crippen molar-refractivity contribution in [2.75, 3.05) is 38.7 Å². The molecule has 19 heavy (non-hydrogen) atoms. The van der Waals surface area contributed by atoms with Gasteiger partial charge in [-0.1, -0.05) is 36.8 Å². The van der Waals surface area contributed by atoms with Crippen molar-refractivity contribution in [1.29, 1.82) is 0 Å². The lowest BCUT2D eigenvalue weighted by Crippen LogP contribution is -2.28. The van der Waals surface area contributed by atoms with Gasteiger partial charge in [0.2, 0.25) is 0 Å². The van der Waals surface area contributed by atoms with Gasteiger partial charge >= 0.3 is 0 Å².